The minimum Gasteiger partial charge on any atom is -0.493 e. The van der Waals surface area contributed by atoms with Crippen LogP contribution in [0.2, 0.25) is 10.0 Å². The van der Waals surface area contributed by atoms with E-state index in [0.29, 0.717) is 28.3 Å². The summed E-state index contributed by atoms with van der Waals surface area (Å²) in [7, 11) is 0. The molecule has 2 aromatic carbocycles. The summed E-state index contributed by atoms with van der Waals surface area (Å²) < 4.78 is 5.60. The Labute approximate surface area is 152 Å². The fourth-order valence-corrected chi connectivity index (χ4v) is 2.35. The van der Waals surface area contributed by atoms with E-state index in [0.717, 1.165) is 11.3 Å². The molecule has 0 saturated heterocycles. The maximum atomic E-state index is 12.0. The van der Waals surface area contributed by atoms with Crippen molar-refractivity contribution in [2.24, 2.45) is 5.92 Å². The van der Waals surface area contributed by atoms with Crippen LogP contribution in [0.4, 0.5) is 5.69 Å². The number of carbonyl (C=O) groups is 1. The predicted octanol–water partition coefficient (Wildman–Crippen LogP) is 5.68. The lowest BCUT2D eigenvalue weighted by Crippen LogP contribution is -2.08. The Morgan fingerprint density at radius 1 is 1.17 bits per heavy atom. The standard InChI is InChI=1S/C19H19Cl2NO2/c1-13(2)12-24-17-8-6-16(7-9-17)22-19(23)10-4-14-3-5-15(20)11-18(14)21/h3-11,13H,12H2,1-2H3,(H,22,23)/b10-4+. The Morgan fingerprint density at radius 3 is 2.50 bits per heavy atom. The average molecular weight is 364 g/mol. The van der Waals surface area contributed by atoms with Crippen molar-refractivity contribution in [3.8, 4) is 5.75 Å². The van der Waals surface area contributed by atoms with Crippen molar-refractivity contribution in [1.82, 2.24) is 0 Å². The Kier molecular flexibility index (Phi) is 6.71. The maximum absolute atomic E-state index is 12.0. The van der Waals surface area contributed by atoms with Gasteiger partial charge in [-0.15, -0.1) is 0 Å². The van der Waals surface area contributed by atoms with Crippen LogP contribution in [0.5, 0.6) is 5.75 Å². The molecule has 24 heavy (non-hydrogen) atoms. The molecule has 0 fully saturated rings. The summed E-state index contributed by atoms with van der Waals surface area (Å²) in [6, 6.07) is 12.4. The monoisotopic (exact) mass is 363 g/mol. The van der Waals surface area contributed by atoms with Gasteiger partial charge in [0.15, 0.2) is 0 Å². The van der Waals surface area contributed by atoms with Crippen molar-refractivity contribution in [2.75, 3.05) is 11.9 Å². The van der Waals surface area contributed by atoms with Gasteiger partial charge in [0.1, 0.15) is 5.75 Å². The summed E-state index contributed by atoms with van der Waals surface area (Å²) >= 11 is 11.9. The Hall–Kier alpha value is -1.97. The van der Waals surface area contributed by atoms with Gasteiger partial charge in [0.25, 0.3) is 0 Å². The van der Waals surface area contributed by atoms with Crippen LogP contribution >= 0.6 is 23.2 Å². The number of benzene rings is 2. The SMILES string of the molecule is CC(C)COc1ccc(NC(=O)/C=C/c2ccc(Cl)cc2Cl)cc1. The molecule has 0 atom stereocenters. The van der Waals surface area contributed by atoms with Crippen LogP contribution in [0.1, 0.15) is 19.4 Å². The molecule has 0 aromatic heterocycles. The molecular weight excluding hydrogens is 345 g/mol. The van der Waals surface area contributed by atoms with Crippen molar-refractivity contribution in [3.05, 3.63) is 64.1 Å². The van der Waals surface area contributed by atoms with Crippen LogP contribution in [0.25, 0.3) is 6.08 Å². The molecule has 5 heteroatoms. The average Bonchev–Trinajstić information content (AvgIpc) is 2.53. The molecule has 2 rings (SSSR count). The largest absolute Gasteiger partial charge is 0.493 e. The van der Waals surface area contributed by atoms with E-state index in [1.807, 2.05) is 12.1 Å². The second-order valence-corrected chi connectivity index (χ2v) is 6.56. The molecule has 0 aliphatic heterocycles. The third kappa shape index (κ3) is 5.91. The first-order valence-electron chi connectivity index (χ1n) is 7.61. The summed E-state index contributed by atoms with van der Waals surface area (Å²) in [5.41, 5.74) is 1.43. The quantitative estimate of drug-likeness (QED) is 0.670. The lowest BCUT2D eigenvalue weighted by Gasteiger charge is -2.09. The maximum Gasteiger partial charge on any atom is 0.248 e. The van der Waals surface area contributed by atoms with Crippen LogP contribution in [-0.4, -0.2) is 12.5 Å². The summed E-state index contributed by atoms with van der Waals surface area (Å²) in [6.07, 6.45) is 3.08. The Morgan fingerprint density at radius 2 is 1.88 bits per heavy atom. The molecule has 0 aliphatic carbocycles. The highest BCUT2D eigenvalue weighted by atomic mass is 35.5. The number of rotatable bonds is 6. The van der Waals surface area contributed by atoms with E-state index in [1.54, 1.807) is 36.4 Å². The topological polar surface area (TPSA) is 38.3 Å². The summed E-state index contributed by atoms with van der Waals surface area (Å²) in [5.74, 6) is 1.01. The molecule has 2 aromatic rings. The van der Waals surface area contributed by atoms with Gasteiger partial charge < -0.3 is 10.1 Å². The zero-order valence-corrected chi connectivity index (χ0v) is 15.1. The lowest BCUT2D eigenvalue weighted by atomic mass is 10.2. The van der Waals surface area contributed by atoms with Gasteiger partial charge in [0.05, 0.1) is 6.61 Å². The zero-order valence-electron chi connectivity index (χ0n) is 13.6. The molecular formula is C19H19Cl2NO2. The first kappa shape index (κ1) is 18.4. The molecule has 0 radical (unpaired) electrons. The molecule has 3 nitrogen and oxygen atoms in total. The van der Waals surface area contributed by atoms with Gasteiger partial charge in [0.2, 0.25) is 5.91 Å². The van der Waals surface area contributed by atoms with Gasteiger partial charge in [-0.1, -0.05) is 43.1 Å². The number of carbonyl (C=O) groups excluding carboxylic acids is 1. The van der Waals surface area contributed by atoms with Crippen molar-refractivity contribution < 1.29 is 9.53 Å². The third-order valence-electron chi connectivity index (χ3n) is 3.08. The molecule has 1 N–H and O–H groups in total. The van der Waals surface area contributed by atoms with Gasteiger partial charge in [0, 0.05) is 21.8 Å². The Bertz CT molecular complexity index is 725. The fourth-order valence-electron chi connectivity index (χ4n) is 1.88. The van der Waals surface area contributed by atoms with E-state index in [1.165, 1.54) is 6.08 Å². The van der Waals surface area contributed by atoms with E-state index in [-0.39, 0.29) is 5.91 Å². The highest BCUT2D eigenvalue weighted by Crippen LogP contribution is 2.22. The minimum atomic E-state index is -0.239. The number of anilines is 1. The minimum absolute atomic E-state index is 0.239. The molecule has 0 heterocycles. The molecule has 1 amide bonds. The van der Waals surface area contributed by atoms with E-state index in [9.17, 15) is 4.79 Å². The number of amides is 1. The lowest BCUT2D eigenvalue weighted by molar-refractivity contribution is -0.111. The zero-order chi connectivity index (χ0) is 17.5. The first-order valence-corrected chi connectivity index (χ1v) is 8.36. The van der Waals surface area contributed by atoms with Crippen LogP contribution in [0.15, 0.2) is 48.5 Å². The van der Waals surface area contributed by atoms with Gasteiger partial charge in [-0.2, -0.15) is 0 Å². The molecule has 126 valence electrons. The van der Waals surface area contributed by atoms with Crippen molar-refractivity contribution in [3.63, 3.8) is 0 Å². The van der Waals surface area contributed by atoms with E-state index in [4.69, 9.17) is 27.9 Å². The smallest absolute Gasteiger partial charge is 0.248 e. The number of ether oxygens (including phenoxy) is 1. The molecule has 0 saturated carbocycles. The second kappa shape index (κ2) is 8.76. The highest BCUT2D eigenvalue weighted by Gasteiger charge is 2.02. The number of nitrogens with one attached hydrogen (secondary N) is 1. The van der Waals surface area contributed by atoms with Gasteiger partial charge >= 0.3 is 0 Å². The normalized spacial score (nSPS) is 11.0. The summed E-state index contributed by atoms with van der Waals surface area (Å²) in [6.45, 7) is 4.85. The van der Waals surface area contributed by atoms with Crippen LogP contribution in [0.3, 0.4) is 0 Å². The molecule has 0 unspecified atom stereocenters. The van der Waals surface area contributed by atoms with Gasteiger partial charge in [-0.25, -0.2) is 0 Å². The Balaban J connectivity index is 1.93. The van der Waals surface area contributed by atoms with Crippen molar-refractivity contribution in [2.45, 2.75) is 13.8 Å². The van der Waals surface area contributed by atoms with E-state index in [2.05, 4.69) is 19.2 Å². The number of halogens is 2. The van der Waals surface area contributed by atoms with Gasteiger partial charge in [-0.3, -0.25) is 4.79 Å². The first-order chi connectivity index (χ1) is 11.4. The fraction of sp³-hybridized carbons (Fsp3) is 0.211. The molecule has 0 aliphatic rings. The van der Waals surface area contributed by atoms with E-state index >= 15 is 0 Å². The number of hydrogen-bond donors (Lipinski definition) is 1. The van der Waals surface area contributed by atoms with Crippen LogP contribution in [0, 0.1) is 5.92 Å². The van der Waals surface area contributed by atoms with Crippen molar-refractivity contribution >= 4 is 40.9 Å². The van der Waals surface area contributed by atoms with E-state index < -0.39 is 0 Å². The number of hydrogen-bond acceptors (Lipinski definition) is 2. The van der Waals surface area contributed by atoms with Crippen LogP contribution < -0.4 is 10.1 Å². The molecule has 0 bridgehead atoms. The van der Waals surface area contributed by atoms with Gasteiger partial charge in [-0.05, 0) is 54.0 Å². The predicted molar refractivity (Wildman–Crippen MR) is 101 cm³/mol. The summed E-state index contributed by atoms with van der Waals surface area (Å²) in [5, 5.41) is 3.84. The van der Waals surface area contributed by atoms with Crippen LogP contribution in [-0.2, 0) is 4.79 Å². The molecule has 0 spiro atoms. The van der Waals surface area contributed by atoms with Crippen molar-refractivity contribution in [1.29, 1.82) is 0 Å². The third-order valence-corrected chi connectivity index (χ3v) is 3.64. The summed E-state index contributed by atoms with van der Waals surface area (Å²) in [4.78, 5) is 12.0. The highest BCUT2D eigenvalue weighted by molar-refractivity contribution is 6.35. The second-order valence-electron chi connectivity index (χ2n) is 5.72.